The summed E-state index contributed by atoms with van der Waals surface area (Å²) in [6, 6.07) is 0.291. The van der Waals surface area contributed by atoms with Crippen molar-refractivity contribution < 1.29 is 34.3 Å². The van der Waals surface area contributed by atoms with Gasteiger partial charge in [0.15, 0.2) is 6.29 Å². The van der Waals surface area contributed by atoms with Crippen LogP contribution in [0.15, 0.2) is 0 Å². The molecular weight excluding hydrogens is 644 g/mol. The molecule has 5 saturated carbocycles. The third-order valence-electron chi connectivity index (χ3n) is 17.7. The van der Waals surface area contributed by atoms with Crippen molar-refractivity contribution >= 4 is 0 Å². The number of aliphatic hydroxyl groups excluding tert-OH is 2. The van der Waals surface area contributed by atoms with Crippen molar-refractivity contribution in [1.82, 2.24) is 9.80 Å². The lowest BCUT2D eigenvalue weighted by Gasteiger charge is -2.60. The Labute approximate surface area is 308 Å². The maximum atomic E-state index is 11.1. The van der Waals surface area contributed by atoms with Gasteiger partial charge in [-0.25, -0.2) is 0 Å². The summed E-state index contributed by atoms with van der Waals surface area (Å²) in [4.78, 5) is 4.71. The van der Waals surface area contributed by atoms with E-state index in [2.05, 4.69) is 44.4 Å². The largest absolute Gasteiger partial charge is 0.395 e. The van der Waals surface area contributed by atoms with Gasteiger partial charge in [0, 0.05) is 38.8 Å². The van der Waals surface area contributed by atoms with Gasteiger partial charge in [-0.2, -0.15) is 0 Å². The highest BCUT2D eigenvalue weighted by atomic mass is 16.7. The molecule has 8 unspecified atom stereocenters. The predicted octanol–water partition coefficient (Wildman–Crippen LogP) is 4.94. The second-order valence-corrected chi connectivity index (χ2v) is 20.3. The van der Waals surface area contributed by atoms with Gasteiger partial charge in [0.05, 0.1) is 49.8 Å². The first-order valence-electron chi connectivity index (χ1n) is 21.1. The molecule has 0 aromatic rings. The molecule has 14 atom stereocenters. The van der Waals surface area contributed by atoms with Gasteiger partial charge in [-0.15, -0.1) is 0 Å². The van der Waals surface area contributed by atoms with Gasteiger partial charge in [-0.1, -0.05) is 34.6 Å². The Kier molecular flexibility index (Phi) is 9.66. The Bertz CT molecular complexity index is 1270. The summed E-state index contributed by atoms with van der Waals surface area (Å²) in [6.45, 7) is 23.4. The third-order valence-corrected chi connectivity index (χ3v) is 17.7. The van der Waals surface area contributed by atoms with Gasteiger partial charge in [-0.3, -0.25) is 9.80 Å². The van der Waals surface area contributed by atoms with E-state index >= 15 is 0 Å². The van der Waals surface area contributed by atoms with E-state index < -0.39 is 5.60 Å². The van der Waals surface area contributed by atoms with Crippen LogP contribution in [0.2, 0.25) is 0 Å². The van der Waals surface area contributed by atoms with E-state index in [1.165, 1.54) is 38.5 Å². The third kappa shape index (κ3) is 5.46. The summed E-state index contributed by atoms with van der Waals surface area (Å²) in [5.74, 6) is 4.09. The number of rotatable bonds is 10. The molecule has 292 valence electrons. The minimum Gasteiger partial charge on any atom is -0.395 e. The fourth-order valence-electron chi connectivity index (χ4n) is 15.5. The van der Waals surface area contributed by atoms with E-state index in [-0.39, 0.29) is 55.4 Å². The zero-order valence-electron chi connectivity index (χ0n) is 33.2. The monoisotopic (exact) mass is 717 g/mol. The standard InChI is InChI=1S/C42H72N2O7/c1-9-48-37(39(6,7)47)32-18-25(2)36-31(50-32)19-30-29-10-11-33-38(4,5)34(12-13-42(33)26(3)41(29,42)15-14-40(30,36)8)51-35-22-43(16-17-49-35)27-20-44(21-27)28(23-45)24-46/h25-37,45-47H,9-24H2,1-8H3/t25?,26-,29?,30?,31?,32?,33-,34-,35?,36?,37-,40-,41-,42?/m0/s1. The molecule has 0 bridgehead atoms. The predicted molar refractivity (Wildman–Crippen MR) is 196 cm³/mol. The maximum Gasteiger partial charge on any atom is 0.170 e. The quantitative estimate of drug-likeness (QED) is 0.290. The van der Waals surface area contributed by atoms with Crippen LogP contribution in [-0.4, -0.2) is 126 Å². The number of morpholine rings is 1. The number of hydrogen-bond acceptors (Lipinski definition) is 9. The molecule has 0 aromatic heterocycles. The van der Waals surface area contributed by atoms with Crippen LogP contribution in [-0.2, 0) is 18.9 Å². The van der Waals surface area contributed by atoms with Crippen LogP contribution in [0.4, 0.5) is 0 Å². The summed E-state index contributed by atoms with van der Waals surface area (Å²) >= 11 is 0. The zero-order chi connectivity index (χ0) is 36.3. The molecule has 0 aromatic carbocycles. The topological polar surface area (TPSA) is 104 Å². The second kappa shape index (κ2) is 13.1. The van der Waals surface area contributed by atoms with Crippen molar-refractivity contribution in [3.05, 3.63) is 0 Å². The van der Waals surface area contributed by atoms with Gasteiger partial charge >= 0.3 is 0 Å². The van der Waals surface area contributed by atoms with E-state index in [0.29, 0.717) is 59.2 Å². The highest BCUT2D eigenvalue weighted by molar-refractivity contribution is 5.32. The van der Waals surface area contributed by atoms with Gasteiger partial charge in [0.2, 0.25) is 0 Å². The van der Waals surface area contributed by atoms with Crippen LogP contribution >= 0.6 is 0 Å². The highest BCUT2D eigenvalue weighted by Gasteiger charge is 2.85. The van der Waals surface area contributed by atoms with E-state index in [1.54, 1.807) is 0 Å². The maximum absolute atomic E-state index is 11.1. The number of likely N-dealkylation sites (tertiary alicyclic amines) is 1. The van der Waals surface area contributed by atoms with Gasteiger partial charge < -0.3 is 34.3 Å². The van der Waals surface area contributed by atoms with Crippen molar-refractivity contribution in [2.24, 2.45) is 57.2 Å². The molecule has 9 heteroatoms. The molecule has 51 heavy (non-hydrogen) atoms. The number of ether oxygens (including phenoxy) is 4. The lowest BCUT2D eigenvalue weighted by Crippen LogP contribution is -2.66. The SMILES string of the molecule is CCO[C@@H](C1CC(C)C2C(CC3C4CC[C@H]5C(C)(C)[C@@H](OC6CN(C7CN(C(CO)CO)C7)CCO6)CCC56[C@@H](C)[C@@]46CC[C@@]32C)O1)C(C)(C)O. The normalized spacial score (nSPS) is 48.9. The molecule has 8 fully saturated rings. The van der Waals surface area contributed by atoms with E-state index in [1.807, 2.05) is 20.8 Å². The fourth-order valence-corrected chi connectivity index (χ4v) is 15.5. The first-order valence-corrected chi connectivity index (χ1v) is 21.1. The first kappa shape index (κ1) is 37.6. The highest BCUT2D eigenvalue weighted by Crippen LogP contribution is 2.89. The molecular formula is C42H72N2O7. The molecule has 3 heterocycles. The van der Waals surface area contributed by atoms with E-state index in [9.17, 15) is 15.3 Å². The summed E-state index contributed by atoms with van der Waals surface area (Å²) < 4.78 is 26.6. The van der Waals surface area contributed by atoms with Gasteiger partial charge in [0.25, 0.3) is 0 Å². The smallest absolute Gasteiger partial charge is 0.170 e. The molecule has 3 N–H and O–H groups in total. The molecule has 3 saturated heterocycles. The Balaban J connectivity index is 0.952. The second-order valence-electron chi connectivity index (χ2n) is 20.3. The Morgan fingerprint density at radius 2 is 1.67 bits per heavy atom. The van der Waals surface area contributed by atoms with Crippen LogP contribution < -0.4 is 0 Å². The number of nitrogens with zero attached hydrogens (tertiary/aromatic N) is 2. The average molecular weight is 717 g/mol. The summed E-state index contributed by atoms with van der Waals surface area (Å²) in [6.07, 6.45) is 9.84. The van der Waals surface area contributed by atoms with Crippen molar-refractivity contribution in [3.63, 3.8) is 0 Å². The first-order chi connectivity index (χ1) is 24.2. The Morgan fingerprint density at radius 1 is 0.922 bits per heavy atom. The molecule has 8 rings (SSSR count). The summed E-state index contributed by atoms with van der Waals surface area (Å²) in [7, 11) is 0. The van der Waals surface area contributed by atoms with Gasteiger partial charge in [0.1, 0.15) is 6.10 Å². The molecule has 9 nitrogen and oxygen atoms in total. The van der Waals surface area contributed by atoms with Crippen LogP contribution in [0, 0.1) is 57.2 Å². The molecule has 5 aliphatic carbocycles. The molecule has 3 aliphatic heterocycles. The van der Waals surface area contributed by atoms with E-state index in [0.717, 1.165) is 50.9 Å². The van der Waals surface area contributed by atoms with Crippen LogP contribution in [0.25, 0.3) is 0 Å². The van der Waals surface area contributed by atoms with Crippen molar-refractivity contribution in [1.29, 1.82) is 0 Å². The average Bonchev–Trinajstić information content (AvgIpc) is 3.42. The number of hydrogen-bond donors (Lipinski definition) is 3. The molecule has 2 spiro atoms. The molecule has 8 aliphatic rings. The Morgan fingerprint density at radius 3 is 2.35 bits per heavy atom. The van der Waals surface area contributed by atoms with Crippen molar-refractivity contribution in [2.75, 3.05) is 52.6 Å². The lowest BCUT2D eigenvalue weighted by atomic mass is 9.46. The Hall–Kier alpha value is -0.360. The summed E-state index contributed by atoms with van der Waals surface area (Å²) in [5.41, 5.74) is 0.369. The summed E-state index contributed by atoms with van der Waals surface area (Å²) in [5, 5.41) is 30.3. The molecule has 0 amide bonds. The molecule has 0 radical (unpaired) electrons. The van der Waals surface area contributed by atoms with Crippen molar-refractivity contribution in [2.45, 2.75) is 155 Å². The number of fused-ring (bicyclic) bond motifs is 4. The lowest BCUT2D eigenvalue weighted by molar-refractivity contribution is -0.251. The van der Waals surface area contributed by atoms with Crippen molar-refractivity contribution in [3.8, 4) is 0 Å². The van der Waals surface area contributed by atoms with E-state index in [4.69, 9.17) is 18.9 Å². The minimum atomic E-state index is -0.928. The van der Waals surface area contributed by atoms with Crippen LogP contribution in [0.3, 0.4) is 0 Å². The number of aliphatic hydroxyl groups is 3. The van der Waals surface area contributed by atoms with Crippen LogP contribution in [0.1, 0.15) is 107 Å². The zero-order valence-corrected chi connectivity index (χ0v) is 33.2. The fraction of sp³-hybridized carbons (Fsp3) is 1.00. The van der Waals surface area contributed by atoms with Gasteiger partial charge in [-0.05, 0) is 129 Å². The minimum absolute atomic E-state index is 0.00652. The van der Waals surface area contributed by atoms with Crippen LogP contribution in [0.5, 0.6) is 0 Å².